The van der Waals surface area contributed by atoms with Gasteiger partial charge in [-0.2, -0.15) is 0 Å². The van der Waals surface area contributed by atoms with Gasteiger partial charge in [0.1, 0.15) is 6.04 Å². The second kappa shape index (κ2) is 4.02. The Labute approximate surface area is 97.1 Å². The minimum atomic E-state index is -0.0309. The molecule has 1 saturated heterocycles. The van der Waals surface area contributed by atoms with Gasteiger partial charge in [-0.15, -0.1) is 0 Å². The molecule has 0 N–H and O–H groups in total. The van der Waals surface area contributed by atoms with Crippen LogP contribution in [0.25, 0.3) is 0 Å². The maximum absolute atomic E-state index is 11.5. The fourth-order valence-electron chi connectivity index (χ4n) is 3.06. The Morgan fingerprint density at radius 3 is 2.25 bits per heavy atom. The van der Waals surface area contributed by atoms with E-state index in [1.54, 1.807) is 0 Å². The number of likely N-dealkylation sites (tertiary alicyclic amines) is 1. The number of methoxy groups -OCH3 is 1. The molecule has 0 bridgehead atoms. The third-order valence-electron chi connectivity index (χ3n) is 4.50. The monoisotopic (exact) mass is 223 g/mol. The molecular formula is C13H21NO2. The van der Waals surface area contributed by atoms with Gasteiger partial charge >= 0.3 is 5.97 Å². The van der Waals surface area contributed by atoms with Crippen LogP contribution in [-0.2, 0) is 9.53 Å². The highest BCUT2D eigenvalue weighted by atomic mass is 16.5. The number of carbonyl (C=O) groups is 1. The van der Waals surface area contributed by atoms with Crippen LogP contribution in [0.2, 0.25) is 0 Å². The van der Waals surface area contributed by atoms with E-state index >= 15 is 0 Å². The summed E-state index contributed by atoms with van der Waals surface area (Å²) in [7, 11) is 1.50. The number of esters is 1. The van der Waals surface area contributed by atoms with Gasteiger partial charge in [0.2, 0.25) is 0 Å². The number of hydrogen-bond acceptors (Lipinski definition) is 3. The third kappa shape index (κ3) is 1.97. The Kier molecular flexibility index (Phi) is 2.66. The molecule has 2 saturated carbocycles. The summed E-state index contributed by atoms with van der Waals surface area (Å²) >= 11 is 0. The van der Waals surface area contributed by atoms with E-state index in [0.717, 1.165) is 37.3 Å². The molecule has 0 radical (unpaired) electrons. The van der Waals surface area contributed by atoms with Crippen molar-refractivity contribution >= 4 is 5.97 Å². The van der Waals surface area contributed by atoms with Crippen LogP contribution >= 0.6 is 0 Å². The van der Waals surface area contributed by atoms with Crippen LogP contribution in [-0.4, -0.2) is 37.1 Å². The summed E-state index contributed by atoms with van der Waals surface area (Å²) < 4.78 is 4.84. The van der Waals surface area contributed by atoms with Crippen LogP contribution in [0.15, 0.2) is 0 Å². The maximum Gasteiger partial charge on any atom is 0.323 e. The van der Waals surface area contributed by atoms with E-state index in [9.17, 15) is 4.79 Å². The van der Waals surface area contributed by atoms with Crippen molar-refractivity contribution in [2.75, 3.05) is 20.2 Å². The van der Waals surface area contributed by atoms with Gasteiger partial charge < -0.3 is 4.74 Å². The van der Waals surface area contributed by atoms with Gasteiger partial charge in [0.15, 0.2) is 0 Å². The zero-order valence-electron chi connectivity index (χ0n) is 10.0. The van der Waals surface area contributed by atoms with Crippen molar-refractivity contribution in [3.63, 3.8) is 0 Å². The van der Waals surface area contributed by atoms with Crippen molar-refractivity contribution in [3.05, 3.63) is 0 Å². The molecule has 0 aromatic rings. The zero-order valence-corrected chi connectivity index (χ0v) is 10.0. The van der Waals surface area contributed by atoms with E-state index in [0.29, 0.717) is 0 Å². The summed E-state index contributed by atoms with van der Waals surface area (Å²) in [5, 5.41) is 0. The molecule has 0 aromatic heterocycles. The van der Waals surface area contributed by atoms with Gasteiger partial charge in [0.25, 0.3) is 0 Å². The van der Waals surface area contributed by atoms with Crippen LogP contribution in [0.5, 0.6) is 0 Å². The van der Waals surface area contributed by atoms with Crippen LogP contribution in [0.4, 0.5) is 0 Å². The molecule has 3 rings (SSSR count). The highest BCUT2D eigenvalue weighted by Crippen LogP contribution is 2.50. The average Bonchev–Trinajstić information content (AvgIpc) is 3.09. The average molecular weight is 223 g/mol. The van der Waals surface area contributed by atoms with Crippen molar-refractivity contribution in [1.29, 1.82) is 0 Å². The van der Waals surface area contributed by atoms with E-state index < -0.39 is 0 Å². The number of hydrogen-bond donors (Lipinski definition) is 0. The van der Waals surface area contributed by atoms with Gasteiger partial charge in [-0.1, -0.05) is 0 Å². The summed E-state index contributed by atoms with van der Waals surface area (Å²) in [5.74, 6) is 2.81. The zero-order chi connectivity index (χ0) is 11.1. The normalized spacial score (nSPS) is 30.2. The lowest BCUT2D eigenvalue weighted by molar-refractivity contribution is -0.152. The first-order chi connectivity index (χ1) is 7.79. The Hall–Kier alpha value is -0.570. The SMILES string of the molecule is COC(=O)C1CCN1CC(C1CC1)C1CC1. The van der Waals surface area contributed by atoms with Gasteiger partial charge in [-0.25, -0.2) is 0 Å². The van der Waals surface area contributed by atoms with E-state index in [1.807, 2.05) is 0 Å². The molecule has 2 aliphatic carbocycles. The molecule has 1 atom stereocenters. The summed E-state index contributed by atoms with van der Waals surface area (Å²) in [4.78, 5) is 13.8. The summed E-state index contributed by atoms with van der Waals surface area (Å²) in [6, 6.07) is 0.0741. The van der Waals surface area contributed by atoms with E-state index in [-0.39, 0.29) is 12.0 Å². The molecule has 1 heterocycles. The molecule has 3 heteroatoms. The molecule has 0 aromatic carbocycles. The molecule has 0 spiro atoms. The summed E-state index contributed by atoms with van der Waals surface area (Å²) in [6.07, 6.45) is 6.71. The summed E-state index contributed by atoms with van der Waals surface area (Å²) in [5.41, 5.74) is 0. The van der Waals surface area contributed by atoms with Crippen molar-refractivity contribution in [2.45, 2.75) is 38.1 Å². The first-order valence-electron chi connectivity index (χ1n) is 6.61. The Bertz CT molecular complexity index is 272. The molecular weight excluding hydrogens is 202 g/mol. The lowest BCUT2D eigenvalue weighted by Crippen LogP contribution is -2.54. The third-order valence-corrected chi connectivity index (χ3v) is 4.50. The molecule has 1 aliphatic heterocycles. The molecule has 16 heavy (non-hydrogen) atoms. The molecule has 3 aliphatic rings. The first-order valence-corrected chi connectivity index (χ1v) is 6.61. The van der Waals surface area contributed by atoms with Crippen LogP contribution in [0.1, 0.15) is 32.1 Å². The minimum Gasteiger partial charge on any atom is -0.468 e. The number of nitrogens with zero attached hydrogens (tertiary/aromatic N) is 1. The van der Waals surface area contributed by atoms with Crippen LogP contribution < -0.4 is 0 Å². The topological polar surface area (TPSA) is 29.5 Å². The maximum atomic E-state index is 11.5. The molecule has 3 nitrogen and oxygen atoms in total. The van der Waals surface area contributed by atoms with Crippen molar-refractivity contribution in [1.82, 2.24) is 4.90 Å². The lowest BCUT2D eigenvalue weighted by atomic mass is 9.93. The van der Waals surface area contributed by atoms with Crippen LogP contribution in [0.3, 0.4) is 0 Å². The van der Waals surface area contributed by atoms with Crippen LogP contribution in [0, 0.1) is 17.8 Å². The predicted molar refractivity (Wildman–Crippen MR) is 60.9 cm³/mol. The van der Waals surface area contributed by atoms with Crippen molar-refractivity contribution < 1.29 is 9.53 Å². The number of carbonyl (C=O) groups excluding carboxylic acids is 1. The molecule has 0 amide bonds. The Morgan fingerprint density at radius 2 is 1.88 bits per heavy atom. The van der Waals surface area contributed by atoms with Gasteiger partial charge in [0.05, 0.1) is 7.11 Å². The van der Waals surface area contributed by atoms with Crippen molar-refractivity contribution in [3.8, 4) is 0 Å². The van der Waals surface area contributed by atoms with Crippen molar-refractivity contribution in [2.24, 2.45) is 17.8 Å². The quantitative estimate of drug-likeness (QED) is 0.664. The molecule has 90 valence electrons. The second-order valence-corrected chi connectivity index (χ2v) is 5.66. The second-order valence-electron chi connectivity index (χ2n) is 5.66. The van der Waals surface area contributed by atoms with E-state index in [1.165, 1.54) is 32.8 Å². The highest BCUT2D eigenvalue weighted by molar-refractivity contribution is 5.76. The number of rotatable bonds is 5. The number of ether oxygens (including phenoxy) is 1. The largest absolute Gasteiger partial charge is 0.468 e. The van der Waals surface area contributed by atoms with Gasteiger partial charge in [-0.05, 0) is 49.9 Å². The van der Waals surface area contributed by atoms with E-state index in [4.69, 9.17) is 4.74 Å². The first kappa shape index (κ1) is 10.6. The summed E-state index contributed by atoms with van der Waals surface area (Å²) in [6.45, 7) is 2.24. The minimum absolute atomic E-state index is 0.0309. The van der Waals surface area contributed by atoms with Gasteiger partial charge in [-0.3, -0.25) is 9.69 Å². The van der Waals surface area contributed by atoms with Gasteiger partial charge in [0, 0.05) is 13.1 Å². The Balaban J connectivity index is 1.54. The fourth-order valence-corrected chi connectivity index (χ4v) is 3.06. The highest BCUT2D eigenvalue weighted by Gasteiger charge is 2.45. The Morgan fingerprint density at radius 1 is 1.25 bits per heavy atom. The molecule has 3 fully saturated rings. The smallest absolute Gasteiger partial charge is 0.323 e. The standard InChI is InChI=1S/C13H21NO2/c1-16-13(15)12-6-7-14(12)8-11(9-2-3-9)10-4-5-10/h9-12H,2-8H2,1H3. The predicted octanol–water partition coefficient (Wildman–Crippen LogP) is 1.67. The van der Waals surface area contributed by atoms with E-state index in [2.05, 4.69) is 4.90 Å². The lowest BCUT2D eigenvalue weighted by Gasteiger charge is -2.41. The fraction of sp³-hybridized carbons (Fsp3) is 0.923. The molecule has 1 unspecified atom stereocenters.